The molecule has 0 saturated carbocycles. The van der Waals surface area contributed by atoms with Crippen LogP contribution in [0.2, 0.25) is 0 Å². The van der Waals surface area contributed by atoms with Gasteiger partial charge in [-0.15, -0.1) is 0 Å². The molecule has 0 unspecified atom stereocenters. The number of nitro groups is 1. The largest absolute Gasteiger partial charge is 0.868 e. The Morgan fingerprint density at radius 1 is 1.55 bits per heavy atom. The lowest BCUT2D eigenvalue weighted by Crippen LogP contribution is -2.13. The fraction of sp³-hybridized carbons (Fsp3) is 0. The normalized spacial score (nSPS) is 11.8. The summed E-state index contributed by atoms with van der Waals surface area (Å²) in [5.74, 6) is -2.83. The molecular formula is C5H4NO5-. The van der Waals surface area contributed by atoms with Crippen molar-refractivity contribution in [3.05, 3.63) is 34.2 Å². The van der Waals surface area contributed by atoms with Crippen LogP contribution in [0.4, 0.5) is 0 Å². The number of nitrogens with zero attached hydrogens (tertiary/aromatic N) is 1. The quantitative estimate of drug-likeness (QED) is 0.188. The van der Waals surface area contributed by atoms with Crippen LogP contribution in [0.25, 0.3) is 0 Å². The highest BCUT2D eigenvalue weighted by Gasteiger charge is 1.89. The minimum Gasteiger partial charge on any atom is -0.868 e. The Morgan fingerprint density at radius 2 is 2.09 bits per heavy atom. The molecule has 1 N–H and O–H groups in total. The van der Waals surface area contributed by atoms with Crippen LogP contribution < -0.4 is 5.11 Å². The van der Waals surface area contributed by atoms with Gasteiger partial charge in [0.15, 0.2) is 0 Å². The molecule has 6 nitrogen and oxygen atoms in total. The summed E-state index contributed by atoms with van der Waals surface area (Å²) in [6.45, 7) is 0. The average Bonchev–Trinajstić information content (AvgIpc) is 1.86. The van der Waals surface area contributed by atoms with Gasteiger partial charge in [-0.2, -0.15) is 0 Å². The van der Waals surface area contributed by atoms with E-state index in [1.165, 1.54) is 0 Å². The van der Waals surface area contributed by atoms with Gasteiger partial charge in [-0.1, -0.05) is 6.08 Å². The second kappa shape index (κ2) is 4.04. The van der Waals surface area contributed by atoms with E-state index in [2.05, 4.69) is 0 Å². The van der Waals surface area contributed by atoms with E-state index < -0.39 is 16.7 Å². The van der Waals surface area contributed by atoms with Crippen LogP contribution in [0.1, 0.15) is 0 Å². The summed E-state index contributed by atoms with van der Waals surface area (Å²) in [5, 5.41) is 27.7. The van der Waals surface area contributed by atoms with Crippen molar-refractivity contribution in [2.75, 3.05) is 0 Å². The fourth-order valence-electron chi connectivity index (χ4n) is 0.272. The van der Waals surface area contributed by atoms with Gasteiger partial charge >= 0.3 is 5.97 Å². The summed E-state index contributed by atoms with van der Waals surface area (Å²) >= 11 is 0. The fourth-order valence-corrected chi connectivity index (χ4v) is 0.272. The van der Waals surface area contributed by atoms with E-state index in [1.807, 2.05) is 0 Å². The first-order valence-electron chi connectivity index (χ1n) is 2.46. The van der Waals surface area contributed by atoms with E-state index in [0.717, 1.165) is 6.08 Å². The number of carbonyl (C=O) groups is 1. The van der Waals surface area contributed by atoms with Crippen molar-refractivity contribution in [2.45, 2.75) is 0 Å². The van der Waals surface area contributed by atoms with Gasteiger partial charge in [0, 0.05) is 6.08 Å². The monoisotopic (exact) mass is 158 g/mol. The van der Waals surface area contributed by atoms with Crippen molar-refractivity contribution >= 4 is 5.97 Å². The van der Waals surface area contributed by atoms with E-state index in [-0.39, 0.29) is 0 Å². The van der Waals surface area contributed by atoms with Crippen LogP contribution in [0, 0.1) is 10.1 Å². The Bertz CT molecular complexity index is 229. The predicted octanol–water partition coefficient (Wildman–Crippen LogP) is -0.894. The zero-order valence-corrected chi connectivity index (χ0v) is 5.26. The highest BCUT2D eigenvalue weighted by atomic mass is 16.6. The van der Waals surface area contributed by atoms with Crippen molar-refractivity contribution in [3.8, 4) is 0 Å². The standard InChI is InChI=1S/C5H5NO5/c7-4(5(8)9)2-1-3-6(10)11/h1-3,7H,(H,8,9)/p-1/b3-1+,4-2+. The first-order chi connectivity index (χ1) is 5.04. The number of allylic oxidation sites excluding steroid dienone is 2. The summed E-state index contributed by atoms with van der Waals surface area (Å²) < 4.78 is 0. The van der Waals surface area contributed by atoms with E-state index in [4.69, 9.17) is 5.11 Å². The van der Waals surface area contributed by atoms with Gasteiger partial charge in [0.1, 0.15) is 0 Å². The van der Waals surface area contributed by atoms with Gasteiger partial charge in [-0.25, -0.2) is 4.79 Å². The second-order valence-electron chi connectivity index (χ2n) is 1.46. The first-order valence-corrected chi connectivity index (χ1v) is 2.46. The summed E-state index contributed by atoms with van der Waals surface area (Å²) in [6.07, 6.45) is 1.84. The molecule has 0 aromatic heterocycles. The van der Waals surface area contributed by atoms with Crippen LogP contribution in [-0.2, 0) is 4.79 Å². The van der Waals surface area contributed by atoms with Crippen LogP contribution in [0.3, 0.4) is 0 Å². The molecule has 0 fully saturated rings. The summed E-state index contributed by atoms with van der Waals surface area (Å²) in [7, 11) is 0. The molecule has 0 rings (SSSR count). The smallest absolute Gasteiger partial charge is 0.320 e. The van der Waals surface area contributed by atoms with Crippen LogP contribution in [0.15, 0.2) is 24.1 Å². The van der Waals surface area contributed by atoms with Gasteiger partial charge in [-0.05, 0) is 5.76 Å². The molecule has 60 valence electrons. The maximum atomic E-state index is 10.2. The number of hydrogen-bond donors (Lipinski definition) is 1. The Labute approximate surface area is 61.2 Å². The average molecular weight is 158 g/mol. The molecule has 0 heterocycles. The summed E-state index contributed by atoms with van der Waals surface area (Å²) in [6, 6.07) is 0. The molecule has 0 radical (unpaired) electrons. The van der Waals surface area contributed by atoms with Crippen molar-refractivity contribution in [1.82, 2.24) is 0 Å². The van der Waals surface area contributed by atoms with E-state index in [9.17, 15) is 20.0 Å². The Hall–Kier alpha value is -1.85. The molecule has 0 aliphatic heterocycles. The first kappa shape index (κ1) is 9.15. The van der Waals surface area contributed by atoms with Gasteiger partial charge in [0.05, 0.1) is 4.92 Å². The molecule has 0 aliphatic rings. The summed E-state index contributed by atoms with van der Waals surface area (Å²) in [5.41, 5.74) is 0. The SMILES string of the molecule is O=C(O)/C([O-])=C\C=C\[N+](=O)[O-]. The number of rotatable bonds is 3. The molecule has 0 bridgehead atoms. The number of hydrogen-bond acceptors (Lipinski definition) is 4. The Kier molecular flexibility index (Phi) is 3.36. The molecule has 0 aromatic rings. The molecule has 0 aromatic carbocycles. The lowest BCUT2D eigenvalue weighted by molar-refractivity contribution is -0.402. The van der Waals surface area contributed by atoms with E-state index in [0.29, 0.717) is 12.3 Å². The molecule has 0 saturated heterocycles. The highest BCUT2D eigenvalue weighted by molar-refractivity contribution is 5.83. The maximum absolute atomic E-state index is 10.2. The third-order valence-corrected chi connectivity index (χ3v) is 0.666. The van der Waals surface area contributed by atoms with Crippen molar-refractivity contribution in [1.29, 1.82) is 0 Å². The lowest BCUT2D eigenvalue weighted by Gasteiger charge is -2.00. The van der Waals surface area contributed by atoms with Gasteiger partial charge in [0.25, 0.3) is 0 Å². The number of carboxylic acids is 1. The van der Waals surface area contributed by atoms with Crippen molar-refractivity contribution < 1.29 is 19.9 Å². The zero-order chi connectivity index (χ0) is 8.85. The van der Waals surface area contributed by atoms with Gasteiger partial charge < -0.3 is 10.2 Å². The molecule has 11 heavy (non-hydrogen) atoms. The van der Waals surface area contributed by atoms with Gasteiger partial charge in [-0.3, -0.25) is 10.1 Å². The topological polar surface area (TPSA) is 104 Å². The molecule has 0 aliphatic carbocycles. The Balaban J connectivity index is 4.13. The van der Waals surface area contributed by atoms with Crippen molar-refractivity contribution in [2.24, 2.45) is 0 Å². The van der Waals surface area contributed by atoms with Crippen LogP contribution in [0.5, 0.6) is 0 Å². The Morgan fingerprint density at radius 3 is 2.45 bits per heavy atom. The second-order valence-corrected chi connectivity index (χ2v) is 1.46. The minimum atomic E-state index is -1.64. The van der Waals surface area contributed by atoms with E-state index in [1.54, 1.807) is 0 Å². The zero-order valence-electron chi connectivity index (χ0n) is 5.26. The van der Waals surface area contributed by atoms with Crippen LogP contribution in [-0.4, -0.2) is 16.0 Å². The molecule has 0 spiro atoms. The van der Waals surface area contributed by atoms with Gasteiger partial charge in [0.2, 0.25) is 6.20 Å². The minimum absolute atomic E-state index is 0.473. The summed E-state index contributed by atoms with van der Waals surface area (Å²) in [4.78, 5) is 18.6. The highest BCUT2D eigenvalue weighted by Crippen LogP contribution is 1.84. The molecular weight excluding hydrogens is 154 g/mol. The van der Waals surface area contributed by atoms with Crippen molar-refractivity contribution in [3.63, 3.8) is 0 Å². The molecule has 6 heteroatoms. The molecule has 0 atom stereocenters. The lowest BCUT2D eigenvalue weighted by atomic mass is 10.4. The molecule has 0 amide bonds. The third kappa shape index (κ3) is 4.64. The maximum Gasteiger partial charge on any atom is 0.320 e. The van der Waals surface area contributed by atoms with Crippen LogP contribution >= 0.6 is 0 Å². The van der Waals surface area contributed by atoms with E-state index >= 15 is 0 Å². The number of aliphatic carboxylic acids is 1. The third-order valence-electron chi connectivity index (χ3n) is 0.666. The number of carboxylic acid groups (broad SMARTS) is 1. The predicted molar refractivity (Wildman–Crippen MR) is 31.9 cm³/mol.